The Kier molecular flexibility index (Phi) is 3.56. The number of hydrogen-bond donors (Lipinski definition) is 2. The van der Waals surface area contributed by atoms with Crippen molar-refractivity contribution in [2.75, 3.05) is 19.6 Å². The van der Waals surface area contributed by atoms with Crippen LogP contribution >= 0.6 is 0 Å². The van der Waals surface area contributed by atoms with Crippen LogP contribution < -0.4 is 0 Å². The van der Waals surface area contributed by atoms with E-state index in [0.29, 0.717) is 0 Å². The molecular weight excluding hydrogens is 178 g/mol. The molecule has 0 spiro atoms. The van der Waals surface area contributed by atoms with Gasteiger partial charge in [0, 0.05) is 19.6 Å². The molecule has 1 rings (SSSR count). The lowest BCUT2D eigenvalue weighted by Gasteiger charge is -2.47. The molecule has 0 unspecified atom stereocenters. The van der Waals surface area contributed by atoms with Crippen molar-refractivity contribution in [1.29, 1.82) is 0 Å². The van der Waals surface area contributed by atoms with Gasteiger partial charge in [-0.3, -0.25) is 4.90 Å². The van der Waals surface area contributed by atoms with Crippen molar-refractivity contribution in [1.82, 2.24) is 4.90 Å². The van der Waals surface area contributed by atoms with Crippen molar-refractivity contribution >= 4 is 0 Å². The summed E-state index contributed by atoms with van der Waals surface area (Å²) in [6.07, 6.45) is 2.71. The predicted octanol–water partition coefficient (Wildman–Crippen LogP) is 0.994. The molecule has 84 valence electrons. The van der Waals surface area contributed by atoms with Crippen molar-refractivity contribution in [3.05, 3.63) is 0 Å². The lowest BCUT2D eigenvalue weighted by Crippen LogP contribution is -2.62. The second-order valence-corrected chi connectivity index (χ2v) is 5.25. The van der Waals surface area contributed by atoms with E-state index in [9.17, 15) is 10.2 Å². The van der Waals surface area contributed by atoms with Crippen LogP contribution in [0.5, 0.6) is 0 Å². The molecule has 0 bridgehead atoms. The van der Waals surface area contributed by atoms with Crippen LogP contribution in [0, 0.1) is 0 Å². The van der Waals surface area contributed by atoms with Crippen LogP contribution in [0.25, 0.3) is 0 Å². The summed E-state index contributed by atoms with van der Waals surface area (Å²) in [7, 11) is 0. The van der Waals surface area contributed by atoms with E-state index in [1.165, 1.54) is 0 Å². The van der Waals surface area contributed by atoms with Gasteiger partial charge in [-0.15, -0.1) is 0 Å². The first-order chi connectivity index (χ1) is 6.35. The Hall–Kier alpha value is -0.120. The molecule has 14 heavy (non-hydrogen) atoms. The highest BCUT2D eigenvalue weighted by atomic mass is 16.3. The van der Waals surface area contributed by atoms with Crippen molar-refractivity contribution in [2.45, 2.75) is 51.2 Å². The van der Waals surface area contributed by atoms with E-state index < -0.39 is 11.2 Å². The first kappa shape index (κ1) is 12.0. The van der Waals surface area contributed by atoms with Crippen LogP contribution in [0.1, 0.15) is 40.0 Å². The fraction of sp³-hybridized carbons (Fsp3) is 1.00. The average Bonchev–Trinajstić information content (AvgIpc) is 1.95. The Morgan fingerprint density at radius 3 is 2.36 bits per heavy atom. The molecule has 1 saturated heterocycles. The van der Waals surface area contributed by atoms with Crippen molar-refractivity contribution < 1.29 is 10.2 Å². The molecule has 0 aromatic heterocycles. The first-order valence-electron chi connectivity index (χ1n) is 5.52. The number of rotatable bonds is 5. The monoisotopic (exact) mass is 201 g/mol. The Morgan fingerprint density at radius 1 is 1.36 bits per heavy atom. The maximum absolute atomic E-state index is 9.91. The Labute approximate surface area is 86.7 Å². The van der Waals surface area contributed by atoms with E-state index in [-0.39, 0.29) is 0 Å². The zero-order valence-electron chi connectivity index (χ0n) is 9.58. The molecule has 2 N–H and O–H groups in total. The maximum Gasteiger partial charge on any atom is 0.0900 e. The lowest BCUT2D eigenvalue weighted by atomic mass is 9.88. The second kappa shape index (κ2) is 4.17. The summed E-state index contributed by atoms with van der Waals surface area (Å²) in [5.41, 5.74) is -1.02. The third kappa shape index (κ3) is 3.56. The standard InChI is InChI=1S/C11H23NO2/c1-4-5-11(14)8-12(9-11)7-6-10(2,3)13/h13-14H,4-9H2,1-3H3. The summed E-state index contributed by atoms with van der Waals surface area (Å²) in [6.45, 7) is 8.18. The van der Waals surface area contributed by atoms with Gasteiger partial charge in [0.05, 0.1) is 11.2 Å². The maximum atomic E-state index is 9.91. The Morgan fingerprint density at radius 2 is 1.93 bits per heavy atom. The molecule has 0 radical (unpaired) electrons. The molecule has 1 fully saturated rings. The normalized spacial score (nSPS) is 22.1. The van der Waals surface area contributed by atoms with Gasteiger partial charge < -0.3 is 10.2 Å². The second-order valence-electron chi connectivity index (χ2n) is 5.25. The molecule has 1 aliphatic rings. The minimum Gasteiger partial charge on any atom is -0.390 e. The molecular formula is C11H23NO2. The van der Waals surface area contributed by atoms with Gasteiger partial charge in [-0.05, 0) is 26.7 Å². The third-order valence-corrected chi connectivity index (χ3v) is 2.79. The van der Waals surface area contributed by atoms with Crippen LogP contribution in [-0.2, 0) is 0 Å². The molecule has 0 aromatic carbocycles. The molecule has 3 heteroatoms. The van der Waals surface area contributed by atoms with E-state index in [0.717, 1.165) is 38.9 Å². The number of nitrogens with zero attached hydrogens (tertiary/aromatic N) is 1. The fourth-order valence-corrected chi connectivity index (χ4v) is 2.00. The van der Waals surface area contributed by atoms with Crippen LogP contribution in [0.4, 0.5) is 0 Å². The highest BCUT2D eigenvalue weighted by molar-refractivity contribution is 4.95. The fourth-order valence-electron chi connectivity index (χ4n) is 2.00. The molecule has 0 amide bonds. The van der Waals surface area contributed by atoms with Crippen LogP contribution in [0.3, 0.4) is 0 Å². The summed E-state index contributed by atoms with van der Waals surface area (Å²) in [5.74, 6) is 0. The zero-order valence-corrected chi connectivity index (χ0v) is 9.58. The molecule has 1 aliphatic heterocycles. The number of β-amino-alcohol motifs (C(OH)–C–C–N with tert-alkyl or cyclic N) is 1. The van der Waals surface area contributed by atoms with E-state index >= 15 is 0 Å². The van der Waals surface area contributed by atoms with Crippen molar-refractivity contribution in [3.63, 3.8) is 0 Å². The summed E-state index contributed by atoms with van der Waals surface area (Å²) >= 11 is 0. The van der Waals surface area contributed by atoms with E-state index in [1.807, 2.05) is 13.8 Å². The highest BCUT2D eigenvalue weighted by Crippen LogP contribution is 2.26. The minimum atomic E-state index is -0.585. The van der Waals surface area contributed by atoms with E-state index in [4.69, 9.17) is 0 Å². The predicted molar refractivity (Wildman–Crippen MR) is 57.2 cm³/mol. The summed E-state index contributed by atoms with van der Waals surface area (Å²) in [4.78, 5) is 2.20. The third-order valence-electron chi connectivity index (χ3n) is 2.79. The van der Waals surface area contributed by atoms with Crippen LogP contribution in [0.15, 0.2) is 0 Å². The van der Waals surface area contributed by atoms with Gasteiger partial charge >= 0.3 is 0 Å². The van der Waals surface area contributed by atoms with Gasteiger partial charge in [0.2, 0.25) is 0 Å². The molecule has 0 aromatic rings. The number of likely N-dealkylation sites (tertiary alicyclic amines) is 1. The Balaban J connectivity index is 2.16. The van der Waals surface area contributed by atoms with Gasteiger partial charge in [0.15, 0.2) is 0 Å². The quantitative estimate of drug-likeness (QED) is 0.697. The molecule has 0 saturated carbocycles. The summed E-state index contributed by atoms with van der Waals surface area (Å²) in [6, 6.07) is 0. The van der Waals surface area contributed by atoms with Crippen LogP contribution in [0.2, 0.25) is 0 Å². The number of aliphatic hydroxyl groups is 2. The summed E-state index contributed by atoms with van der Waals surface area (Å²) < 4.78 is 0. The van der Waals surface area contributed by atoms with Crippen molar-refractivity contribution in [3.8, 4) is 0 Å². The smallest absolute Gasteiger partial charge is 0.0900 e. The van der Waals surface area contributed by atoms with Gasteiger partial charge in [-0.2, -0.15) is 0 Å². The van der Waals surface area contributed by atoms with Gasteiger partial charge in [0.25, 0.3) is 0 Å². The summed E-state index contributed by atoms with van der Waals surface area (Å²) in [5, 5.41) is 19.4. The zero-order chi connectivity index (χ0) is 10.8. The Bertz CT molecular complexity index is 180. The largest absolute Gasteiger partial charge is 0.390 e. The topological polar surface area (TPSA) is 43.7 Å². The molecule has 0 atom stereocenters. The van der Waals surface area contributed by atoms with Gasteiger partial charge in [-0.25, -0.2) is 0 Å². The number of hydrogen-bond acceptors (Lipinski definition) is 3. The van der Waals surface area contributed by atoms with E-state index in [2.05, 4.69) is 11.8 Å². The first-order valence-corrected chi connectivity index (χ1v) is 5.52. The van der Waals surface area contributed by atoms with E-state index in [1.54, 1.807) is 0 Å². The van der Waals surface area contributed by atoms with Crippen LogP contribution in [-0.4, -0.2) is 45.9 Å². The van der Waals surface area contributed by atoms with Gasteiger partial charge in [-0.1, -0.05) is 13.3 Å². The molecule has 3 nitrogen and oxygen atoms in total. The average molecular weight is 201 g/mol. The van der Waals surface area contributed by atoms with Gasteiger partial charge in [0.1, 0.15) is 0 Å². The lowest BCUT2D eigenvalue weighted by molar-refractivity contribution is -0.108. The SMILES string of the molecule is CCCC1(O)CN(CCC(C)(C)O)C1. The molecule has 1 heterocycles. The minimum absolute atomic E-state index is 0.436. The highest BCUT2D eigenvalue weighted by Gasteiger charge is 2.39. The van der Waals surface area contributed by atoms with Crippen molar-refractivity contribution in [2.24, 2.45) is 0 Å². The molecule has 0 aliphatic carbocycles.